The number of amides is 1. The normalized spacial score (nSPS) is 17.9. The van der Waals surface area contributed by atoms with Crippen LogP contribution in [0, 0.1) is 13.8 Å². The average molecular weight is 283 g/mol. The molecular weight excluding hydrogens is 260 g/mol. The Kier molecular flexibility index (Phi) is 6.32. The summed E-state index contributed by atoms with van der Waals surface area (Å²) in [6, 6.07) is 6.73. The van der Waals surface area contributed by atoms with E-state index in [2.05, 4.69) is 42.7 Å². The molecule has 1 heterocycles. The Labute approximate surface area is 121 Å². The number of benzene rings is 1. The molecule has 1 fully saturated rings. The van der Waals surface area contributed by atoms with Crippen LogP contribution in [0.2, 0.25) is 0 Å². The highest BCUT2D eigenvalue weighted by Crippen LogP contribution is 2.11. The minimum absolute atomic E-state index is 0. The van der Waals surface area contributed by atoms with E-state index in [1.54, 1.807) is 0 Å². The summed E-state index contributed by atoms with van der Waals surface area (Å²) in [5, 5.41) is 6.40. The molecule has 1 aromatic rings. The Morgan fingerprint density at radius 1 is 1.42 bits per heavy atom. The van der Waals surface area contributed by atoms with Gasteiger partial charge in [0.05, 0.1) is 6.42 Å². The maximum atomic E-state index is 11.9. The van der Waals surface area contributed by atoms with E-state index in [0.717, 1.165) is 18.7 Å². The van der Waals surface area contributed by atoms with Crippen molar-refractivity contribution in [3.05, 3.63) is 34.9 Å². The molecule has 1 aliphatic heterocycles. The number of aryl methyl sites for hydroxylation is 2. The van der Waals surface area contributed by atoms with E-state index in [1.165, 1.54) is 24.0 Å². The summed E-state index contributed by atoms with van der Waals surface area (Å²) in [5.74, 6) is 0.123. The predicted octanol–water partition coefficient (Wildman–Crippen LogP) is 2.14. The molecule has 1 unspecified atom stereocenters. The average Bonchev–Trinajstić information content (AvgIpc) is 2.84. The van der Waals surface area contributed by atoms with Crippen molar-refractivity contribution in [3.63, 3.8) is 0 Å². The predicted molar refractivity (Wildman–Crippen MR) is 80.9 cm³/mol. The van der Waals surface area contributed by atoms with Gasteiger partial charge >= 0.3 is 0 Å². The topological polar surface area (TPSA) is 41.1 Å². The quantitative estimate of drug-likeness (QED) is 0.888. The van der Waals surface area contributed by atoms with Crippen molar-refractivity contribution < 1.29 is 4.79 Å². The van der Waals surface area contributed by atoms with Crippen LogP contribution in [0.5, 0.6) is 0 Å². The molecule has 2 N–H and O–H groups in total. The van der Waals surface area contributed by atoms with Crippen LogP contribution < -0.4 is 10.6 Å². The van der Waals surface area contributed by atoms with E-state index in [0.29, 0.717) is 12.5 Å². The fraction of sp³-hybridized carbons (Fsp3) is 0.533. The van der Waals surface area contributed by atoms with E-state index in [1.807, 2.05) is 0 Å². The summed E-state index contributed by atoms with van der Waals surface area (Å²) in [4.78, 5) is 11.9. The third-order valence-corrected chi connectivity index (χ3v) is 3.56. The van der Waals surface area contributed by atoms with Crippen molar-refractivity contribution in [3.8, 4) is 0 Å². The second-order valence-corrected chi connectivity index (χ2v) is 5.20. The smallest absolute Gasteiger partial charge is 0.224 e. The fourth-order valence-corrected chi connectivity index (χ4v) is 2.39. The maximum absolute atomic E-state index is 11.9. The van der Waals surface area contributed by atoms with Gasteiger partial charge in [0, 0.05) is 12.6 Å². The highest BCUT2D eigenvalue weighted by Gasteiger charge is 2.14. The SMILES string of the molecule is Cc1ccc(C)c(CC(=O)NCC2CCCN2)c1.Cl. The lowest BCUT2D eigenvalue weighted by Gasteiger charge is -2.12. The van der Waals surface area contributed by atoms with Crippen LogP contribution in [-0.4, -0.2) is 25.0 Å². The molecule has 3 nitrogen and oxygen atoms in total. The minimum Gasteiger partial charge on any atom is -0.354 e. The van der Waals surface area contributed by atoms with Crippen molar-refractivity contribution in [1.82, 2.24) is 10.6 Å². The molecule has 0 aromatic heterocycles. The van der Waals surface area contributed by atoms with Crippen LogP contribution in [-0.2, 0) is 11.2 Å². The molecule has 1 saturated heterocycles. The van der Waals surface area contributed by atoms with Gasteiger partial charge in [-0.3, -0.25) is 4.79 Å². The Hall–Kier alpha value is -1.06. The number of carbonyl (C=O) groups is 1. The van der Waals surface area contributed by atoms with Gasteiger partial charge in [0.1, 0.15) is 0 Å². The van der Waals surface area contributed by atoms with Crippen molar-refractivity contribution in [2.75, 3.05) is 13.1 Å². The molecule has 106 valence electrons. The molecule has 1 aliphatic rings. The number of carbonyl (C=O) groups excluding carboxylic acids is 1. The van der Waals surface area contributed by atoms with Gasteiger partial charge in [0.15, 0.2) is 0 Å². The van der Waals surface area contributed by atoms with Gasteiger partial charge in [-0.15, -0.1) is 12.4 Å². The minimum atomic E-state index is 0. The van der Waals surface area contributed by atoms with E-state index in [-0.39, 0.29) is 18.3 Å². The molecule has 0 spiro atoms. The second kappa shape index (κ2) is 7.51. The molecule has 1 amide bonds. The second-order valence-electron chi connectivity index (χ2n) is 5.20. The van der Waals surface area contributed by atoms with Crippen molar-refractivity contribution >= 4 is 18.3 Å². The number of halogens is 1. The van der Waals surface area contributed by atoms with Gasteiger partial charge in [0.25, 0.3) is 0 Å². The number of rotatable bonds is 4. The van der Waals surface area contributed by atoms with E-state index >= 15 is 0 Å². The standard InChI is InChI=1S/C15H22N2O.ClH/c1-11-5-6-12(2)13(8-11)9-15(18)17-10-14-4-3-7-16-14;/h5-6,8,14,16H,3-4,7,9-10H2,1-2H3,(H,17,18);1H. The Morgan fingerprint density at radius 3 is 2.89 bits per heavy atom. The lowest BCUT2D eigenvalue weighted by atomic mass is 10.0. The van der Waals surface area contributed by atoms with Gasteiger partial charge in [-0.1, -0.05) is 23.8 Å². The molecule has 0 bridgehead atoms. The molecule has 2 rings (SSSR count). The van der Waals surface area contributed by atoms with Crippen molar-refractivity contribution in [2.45, 2.75) is 39.2 Å². The lowest BCUT2D eigenvalue weighted by Crippen LogP contribution is -2.37. The summed E-state index contributed by atoms with van der Waals surface area (Å²) in [7, 11) is 0. The third kappa shape index (κ3) is 4.84. The highest BCUT2D eigenvalue weighted by atomic mass is 35.5. The molecule has 19 heavy (non-hydrogen) atoms. The largest absolute Gasteiger partial charge is 0.354 e. The highest BCUT2D eigenvalue weighted by molar-refractivity contribution is 5.85. The van der Waals surface area contributed by atoms with Crippen LogP contribution >= 0.6 is 12.4 Å². The molecule has 1 atom stereocenters. The van der Waals surface area contributed by atoms with E-state index in [9.17, 15) is 4.79 Å². The van der Waals surface area contributed by atoms with Crippen LogP contribution in [0.4, 0.5) is 0 Å². The first kappa shape index (κ1) is 16.0. The Bertz CT molecular complexity index is 428. The summed E-state index contributed by atoms with van der Waals surface area (Å²) in [5.41, 5.74) is 3.53. The summed E-state index contributed by atoms with van der Waals surface area (Å²) >= 11 is 0. The fourth-order valence-electron chi connectivity index (χ4n) is 2.39. The zero-order valence-corrected chi connectivity index (χ0v) is 12.5. The van der Waals surface area contributed by atoms with Crippen LogP contribution in [0.3, 0.4) is 0 Å². The summed E-state index contributed by atoms with van der Waals surface area (Å²) < 4.78 is 0. The van der Waals surface area contributed by atoms with E-state index < -0.39 is 0 Å². The lowest BCUT2D eigenvalue weighted by molar-refractivity contribution is -0.120. The summed E-state index contributed by atoms with van der Waals surface area (Å²) in [6.07, 6.45) is 2.88. The molecular formula is C15H23ClN2O. The van der Waals surface area contributed by atoms with E-state index in [4.69, 9.17) is 0 Å². The zero-order chi connectivity index (χ0) is 13.0. The van der Waals surface area contributed by atoms with Gasteiger partial charge < -0.3 is 10.6 Å². The molecule has 0 radical (unpaired) electrons. The van der Waals surface area contributed by atoms with Crippen LogP contribution in [0.25, 0.3) is 0 Å². The van der Waals surface area contributed by atoms with Crippen molar-refractivity contribution in [2.24, 2.45) is 0 Å². The van der Waals surface area contributed by atoms with Crippen LogP contribution in [0.15, 0.2) is 18.2 Å². The van der Waals surface area contributed by atoms with Crippen molar-refractivity contribution in [1.29, 1.82) is 0 Å². The monoisotopic (exact) mass is 282 g/mol. The zero-order valence-electron chi connectivity index (χ0n) is 11.7. The Morgan fingerprint density at radius 2 is 2.21 bits per heavy atom. The van der Waals surface area contributed by atoms with Gasteiger partial charge in [-0.05, 0) is 44.4 Å². The number of hydrogen-bond donors (Lipinski definition) is 2. The first-order chi connectivity index (χ1) is 8.65. The molecule has 0 aliphatic carbocycles. The maximum Gasteiger partial charge on any atom is 0.224 e. The Balaban J connectivity index is 0.00000180. The first-order valence-electron chi connectivity index (χ1n) is 6.71. The number of nitrogens with one attached hydrogen (secondary N) is 2. The van der Waals surface area contributed by atoms with Crippen LogP contribution in [0.1, 0.15) is 29.5 Å². The van der Waals surface area contributed by atoms with Gasteiger partial charge in [-0.25, -0.2) is 0 Å². The molecule has 0 saturated carbocycles. The third-order valence-electron chi connectivity index (χ3n) is 3.56. The molecule has 4 heteroatoms. The molecule has 1 aromatic carbocycles. The van der Waals surface area contributed by atoms with Gasteiger partial charge in [0.2, 0.25) is 5.91 Å². The summed E-state index contributed by atoms with van der Waals surface area (Å²) in [6.45, 7) is 5.95. The van der Waals surface area contributed by atoms with Gasteiger partial charge in [-0.2, -0.15) is 0 Å². The first-order valence-corrected chi connectivity index (χ1v) is 6.71. The number of hydrogen-bond acceptors (Lipinski definition) is 2.